The predicted octanol–water partition coefficient (Wildman–Crippen LogP) is 0.961. The molecule has 0 saturated heterocycles. The van der Waals surface area contributed by atoms with E-state index in [1.54, 1.807) is 0 Å². The third kappa shape index (κ3) is 16.8. The second-order valence-electron chi connectivity index (χ2n) is 5.06. The first-order valence-corrected chi connectivity index (χ1v) is 6.05. The minimum absolute atomic E-state index is 0. The molecule has 0 aromatic carbocycles. The van der Waals surface area contributed by atoms with Gasteiger partial charge < -0.3 is 21.5 Å². The van der Waals surface area contributed by atoms with Gasteiger partial charge in [-0.05, 0) is 18.9 Å². The van der Waals surface area contributed by atoms with Crippen LogP contribution < -0.4 is 17.0 Å². The molecule has 0 aromatic heterocycles. The highest BCUT2D eigenvalue weighted by atomic mass is 79.9. The van der Waals surface area contributed by atoms with Crippen molar-refractivity contribution in [2.75, 3.05) is 21.1 Å². The van der Waals surface area contributed by atoms with Crippen molar-refractivity contribution in [1.82, 2.24) is 0 Å². The Kier molecular flexibility index (Phi) is 12.5. The number of quaternary nitrogens is 1. The van der Waals surface area contributed by atoms with Crippen LogP contribution >= 0.6 is 0 Å². The molecule has 0 saturated carbocycles. The van der Waals surface area contributed by atoms with Crippen molar-refractivity contribution in [3.8, 4) is 0 Å². The summed E-state index contributed by atoms with van der Waals surface area (Å²) in [4.78, 5) is 0. The molecule has 0 aliphatic heterocycles. The number of rotatable bonds is 8. The number of unbranched alkanes of at least 4 members (excludes halogenated alkanes) is 6. The number of nitrogens with zero attached hydrogens (tertiary/aromatic N) is 1. The lowest BCUT2D eigenvalue weighted by Crippen LogP contribution is -3.00. The zero-order valence-electron chi connectivity index (χ0n) is 10.9. The molecule has 2 heteroatoms. The largest absolute Gasteiger partial charge is 1.00 e. The average molecular weight is 278 g/mol. The van der Waals surface area contributed by atoms with Crippen molar-refractivity contribution in [3.63, 3.8) is 0 Å². The quantitative estimate of drug-likeness (QED) is 0.458. The van der Waals surface area contributed by atoms with Gasteiger partial charge >= 0.3 is 0 Å². The van der Waals surface area contributed by atoms with E-state index in [-0.39, 0.29) is 17.0 Å². The van der Waals surface area contributed by atoms with E-state index in [0.29, 0.717) is 0 Å². The standard InChI is InChI=1S/C13H28N.BrH/c1-5-6-7-8-9-10-11-12-13-14(2,3)4;/h12-13H,5-11H2,1-4H3;1H/q+1;/p-1/b13-12+;. The van der Waals surface area contributed by atoms with Crippen LogP contribution in [0.5, 0.6) is 0 Å². The van der Waals surface area contributed by atoms with E-state index >= 15 is 0 Å². The molecule has 0 fully saturated rings. The molecule has 0 spiro atoms. The SMILES string of the molecule is CCCCCCCC/C=C/[N+](C)(C)C.[Br-]. The molecule has 0 amide bonds. The van der Waals surface area contributed by atoms with Crippen molar-refractivity contribution in [2.24, 2.45) is 0 Å². The van der Waals surface area contributed by atoms with Gasteiger partial charge in [0.25, 0.3) is 0 Å². The van der Waals surface area contributed by atoms with Gasteiger partial charge in [-0.1, -0.05) is 39.0 Å². The lowest BCUT2D eigenvalue weighted by atomic mass is 10.1. The Bertz CT molecular complexity index is 147. The van der Waals surface area contributed by atoms with Gasteiger partial charge in [-0.15, -0.1) is 0 Å². The van der Waals surface area contributed by atoms with E-state index < -0.39 is 0 Å². The van der Waals surface area contributed by atoms with Crippen molar-refractivity contribution < 1.29 is 21.5 Å². The van der Waals surface area contributed by atoms with E-state index in [4.69, 9.17) is 0 Å². The van der Waals surface area contributed by atoms with Gasteiger partial charge in [0.05, 0.1) is 27.3 Å². The lowest BCUT2D eigenvalue weighted by molar-refractivity contribution is -0.817. The van der Waals surface area contributed by atoms with Crippen molar-refractivity contribution in [2.45, 2.75) is 51.9 Å². The zero-order valence-corrected chi connectivity index (χ0v) is 12.5. The van der Waals surface area contributed by atoms with Crippen LogP contribution in [-0.2, 0) is 0 Å². The average Bonchev–Trinajstić information content (AvgIpc) is 2.08. The Morgan fingerprint density at radius 2 is 1.40 bits per heavy atom. The molecule has 0 atom stereocenters. The highest BCUT2D eigenvalue weighted by Crippen LogP contribution is 2.07. The first-order valence-electron chi connectivity index (χ1n) is 6.05. The van der Waals surface area contributed by atoms with Crippen LogP contribution in [0.3, 0.4) is 0 Å². The fourth-order valence-corrected chi connectivity index (χ4v) is 1.43. The topological polar surface area (TPSA) is 0 Å². The van der Waals surface area contributed by atoms with Gasteiger partial charge in [0, 0.05) is 0 Å². The maximum atomic E-state index is 2.32. The van der Waals surface area contributed by atoms with Crippen molar-refractivity contribution >= 4 is 0 Å². The van der Waals surface area contributed by atoms with Crippen LogP contribution in [0.15, 0.2) is 12.3 Å². The minimum Gasteiger partial charge on any atom is -1.00 e. The molecule has 0 aromatic rings. The van der Waals surface area contributed by atoms with E-state index in [2.05, 4.69) is 40.3 Å². The Morgan fingerprint density at radius 1 is 0.867 bits per heavy atom. The van der Waals surface area contributed by atoms with Crippen molar-refractivity contribution in [1.29, 1.82) is 0 Å². The molecule has 0 aliphatic carbocycles. The summed E-state index contributed by atoms with van der Waals surface area (Å²) in [5, 5.41) is 0. The van der Waals surface area contributed by atoms with Crippen LogP contribution in [-0.4, -0.2) is 25.6 Å². The number of halogens is 1. The Balaban J connectivity index is 0. The van der Waals surface area contributed by atoms with Gasteiger partial charge in [-0.25, -0.2) is 0 Å². The van der Waals surface area contributed by atoms with Crippen LogP contribution in [0.25, 0.3) is 0 Å². The molecular formula is C13H28BrN. The van der Waals surface area contributed by atoms with Gasteiger partial charge in [0.15, 0.2) is 0 Å². The van der Waals surface area contributed by atoms with Gasteiger partial charge in [-0.2, -0.15) is 0 Å². The second-order valence-corrected chi connectivity index (χ2v) is 5.06. The highest BCUT2D eigenvalue weighted by molar-refractivity contribution is 4.72. The smallest absolute Gasteiger partial charge is 0.0911 e. The molecule has 0 radical (unpaired) electrons. The van der Waals surface area contributed by atoms with Gasteiger partial charge in [0.2, 0.25) is 0 Å². The predicted molar refractivity (Wildman–Crippen MR) is 65.2 cm³/mol. The molecule has 0 heterocycles. The fourth-order valence-electron chi connectivity index (χ4n) is 1.43. The van der Waals surface area contributed by atoms with Crippen LogP contribution in [0.2, 0.25) is 0 Å². The third-order valence-electron chi connectivity index (χ3n) is 2.28. The van der Waals surface area contributed by atoms with Crippen LogP contribution in [0.4, 0.5) is 0 Å². The molecule has 0 rings (SSSR count). The maximum Gasteiger partial charge on any atom is 0.0911 e. The summed E-state index contributed by atoms with van der Waals surface area (Å²) >= 11 is 0. The molecule has 0 aliphatic rings. The first-order chi connectivity index (χ1) is 6.56. The monoisotopic (exact) mass is 277 g/mol. The molecule has 0 unspecified atom stereocenters. The second kappa shape index (κ2) is 10.7. The first kappa shape index (κ1) is 17.6. The Morgan fingerprint density at radius 3 is 1.93 bits per heavy atom. The summed E-state index contributed by atoms with van der Waals surface area (Å²) in [7, 11) is 6.58. The molecule has 92 valence electrons. The summed E-state index contributed by atoms with van der Waals surface area (Å²) in [6.45, 7) is 2.27. The Hall–Kier alpha value is 0.180. The number of hydrogen-bond donors (Lipinski definition) is 0. The Labute approximate surface area is 107 Å². The minimum atomic E-state index is 0. The summed E-state index contributed by atoms with van der Waals surface area (Å²) in [6, 6.07) is 0. The van der Waals surface area contributed by atoms with Gasteiger partial charge in [0.1, 0.15) is 0 Å². The van der Waals surface area contributed by atoms with Crippen LogP contribution in [0.1, 0.15) is 51.9 Å². The zero-order chi connectivity index (χ0) is 10.9. The summed E-state index contributed by atoms with van der Waals surface area (Å²) in [6.07, 6.45) is 14.2. The third-order valence-corrected chi connectivity index (χ3v) is 2.28. The summed E-state index contributed by atoms with van der Waals surface area (Å²) < 4.78 is 0.940. The van der Waals surface area contributed by atoms with E-state index in [9.17, 15) is 0 Å². The molecule has 0 N–H and O–H groups in total. The number of allylic oxidation sites excluding steroid dienone is 1. The fraction of sp³-hybridized carbons (Fsp3) is 0.846. The van der Waals surface area contributed by atoms with E-state index in [1.807, 2.05) is 0 Å². The van der Waals surface area contributed by atoms with Gasteiger partial charge in [-0.3, -0.25) is 0 Å². The number of hydrogen-bond acceptors (Lipinski definition) is 0. The van der Waals surface area contributed by atoms with Crippen LogP contribution in [0, 0.1) is 0 Å². The molecule has 15 heavy (non-hydrogen) atoms. The molecule has 0 bridgehead atoms. The maximum absolute atomic E-state index is 2.32. The molecule has 1 nitrogen and oxygen atoms in total. The summed E-state index contributed by atoms with van der Waals surface area (Å²) in [5.74, 6) is 0. The normalized spacial score (nSPS) is 11.7. The molecular weight excluding hydrogens is 250 g/mol. The lowest BCUT2D eigenvalue weighted by Gasteiger charge is -2.17. The van der Waals surface area contributed by atoms with E-state index in [1.165, 1.54) is 44.9 Å². The summed E-state index contributed by atoms with van der Waals surface area (Å²) in [5.41, 5.74) is 0. The van der Waals surface area contributed by atoms with Crippen molar-refractivity contribution in [3.05, 3.63) is 12.3 Å². The van der Waals surface area contributed by atoms with E-state index in [0.717, 1.165) is 4.48 Å². The highest BCUT2D eigenvalue weighted by Gasteiger charge is 1.98.